The molecule has 1 amide bonds. The van der Waals surface area contributed by atoms with Crippen molar-refractivity contribution >= 4 is 35.6 Å². The van der Waals surface area contributed by atoms with Gasteiger partial charge in [0.2, 0.25) is 5.91 Å². The minimum Gasteiger partial charge on any atom is -0.389 e. The van der Waals surface area contributed by atoms with Crippen LogP contribution >= 0.6 is 23.4 Å². The molecule has 2 atom stereocenters. The number of carbonyl (C=O) groups is 2. The first kappa shape index (κ1) is 21.0. The number of benzene rings is 1. The lowest BCUT2D eigenvalue weighted by Crippen LogP contribution is -2.34. The van der Waals surface area contributed by atoms with Crippen LogP contribution in [0.2, 0.25) is 5.02 Å². The second-order valence-electron chi connectivity index (χ2n) is 6.40. The number of hydrogen-bond acceptors (Lipinski definition) is 4. The van der Waals surface area contributed by atoms with E-state index in [1.54, 1.807) is 17.8 Å². The molecule has 1 unspecified atom stereocenters. The number of unbranched alkanes of at least 4 members (excludes halogenated alkanes) is 1. The Kier molecular flexibility index (Phi) is 9.23. The summed E-state index contributed by atoms with van der Waals surface area (Å²) in [5.74, 6) is 2.00. The third-order valence-electron chi connectivity index (χ3n) is 4.35. The highest BCUT2D eigenvalue weighted by Crippen LogP contribution is 2.21. The van der Waals surface area contributed by atoms with E-state index >= 15 is 0 Å². The normalized spacial score (nSPS) is 18.6. The van der Waals surface area contributed by atoms with Crippen molar-refractivity contribution < 1.29 is 14.7 Å². The molecule has 2 rings (SSSR count). The van der Waals surface area contributed by atoms with Crippen LogP contribution in [0.3, 0.4) is 0 Å². The van der Waals surface area contributed by atoms with Gasteiger partial charge in [0, 0.05) is 36.6 Å². The van der Waals surface area contributed by atoms with Gasteiger partial charge in [0.05, 0.1) is 12.1 Å². The monoisotopic (exact) mass is 395 g/mol. The molecule has 0 spiro atoms. The van der Waals surface area contributed by atoms with Crippen molar-refractivity contribution in [2.75, 3.05) is 18.1 Å². The average Bonchev–Trinajstić information content (AvgIpc) is 2.96. The Morgan fingerprint density at radius 3 is 3.00 bits per heavy atom. The second kappa shape index (κ2) is 11.4. The minimum atomic E-state index is -0.594. The Morgan fingerprint density at radius 1 is 1.38 bits per heavy atom. The van der Waals surface area contributed by atoms with E-state index in [2.05, 4.69) is 0 Å². The van der Waals surface area contributed by atoms with E-state index in [9.17, 15) is 14.7 Å². The van der Waals surface area contributed by atoms with Gasteiger partial charge in [0.15, 0.2) is 0 Å². The highest BCUT2D eigenvalue weighted by atomic mass is 35.5. The maximum atomic E-state index is 12.1. The number of likely N-dealkylation sites (tertiary alicyclic amines) is 1. The van der Waals surface area contributed by atoms with Crippen LogP contribution in [0.5, 0.6) is 0 Å². The molecule has 1 aromatic carbocycles. The summed E-state index contributed by atoms with van der Waals surface area (Å²) in [6.07, 6.45) is 7.45. The molecule has 0 radical (unpaired) electrons. The number of carbonyl (C=O) groups excluding carboxylic acids is 2. The summed E-state index contributed by atoms with van der Waals surface area (Å²) in [5.41, 5.74) is 0.987. The molecule has 1 N–H and O–H groups in total. The molecule has 0 aliphatic carbocycles. The molecule has 1 aliphatic heterocycles. The van der Waals surface area contributed by atoms with E-state index < -0.39 is 6.10 Å². The van der Waals surface area contributed by atoms with Gasteiger partial charge in [-0.25, -0.2) is 0 Å². The van der Waals surface area contributed by atoms with Crippen molar-refractivity contribution in [3.63, 3.8) is 0 Å². The van der Waals surface area contributed by atoms with Gasteiger partial charge < -0.3 is 14.8 Å². The molecule has 0 bridgehead atoms. The number of nitrogens with zero attached hydrogens (tertiary/aromatic N) is 1. The van der Waals surface area contributed by atoms with Crippen LogP contribution in [0.25, 0.3) is 0 Å². The molecule has 1 fully saturated rings. The Bertz CT molecular complexity index is 623. The van der Waals surface area contributed by atoms with Crippen molar-refractivity contribution in [1.29, 1.82) is 0 Å². The smallest absolute Gasteiger partial charge is 0.223 e. The van der Waals surface area contributed by atoms with Crippen molar-refractivity contribution in [2.45, 2.75) is 44.2 Å². The van der Waals surface area contributed by atoms with Crippen LogP contribution in [0.15, 0.2) is 36.4 Å². The molecule has 1 heterocycles. The van der Waals surface area contributed by atoms with Gasteiger partial charge >= 0.3 is 0 Å². The van der Waals surface area contributed by atoms with E-state index in [1.807, 2.05) is 35.2 Å². The van der Waals surface area contributed by atoms with Gasteiger partial charge in [-0.2, -0.15) is 11.8 Å². The molecule has 4 nitrogen and oxygen atoms in total. The predicted octanol–water partition coefficient (Wildman–Crippen LogP) is 3.50. The Morgan fingerprint density at radius 2 is 2.23 bits per heavy atom. The fraction of sp³-hybridized carbons (Fsp3) is 0.500. The predicted molar refractivity (Wildman–Crippen MR) is 108 cm³/mol. The molecule has 1 saturated heterocycles. The lowest BCUT2D eigenvalue weighted by Gasteiger charge is -2.22. The van der Waals surface area contributed by atoms with E-state index in [1.165, 1.54) is 0 Å². The molecule has 1 aromatic rings. The first-order valence-electron chi connectivity index (χ1n) is 9.02. The molecular formula is C20H26ClNO3S. The summed E-state index contributed by atoms with van der Waals surface area (Å²) in [5, 5.41) is 10.9. The molecule has 1 aliphatic rings. The van der Waals surface area contributed by atoms with Crippen LogP contribution in [0.1, 0.15) is 31.2 Å². The number of aliphatic hydroxyl groups excluding tert-OH is 1. The third kappa shape index (κ3) is 7.14. The summed E-state index contributed by atoms with van der Waals surface area (Å²) in [6, 6.07) is 7.54. The number of rotatable bonds is 11. The van der Waals surface area contributed by atoms with Gasteiger partial charge in [-0.05, 0) is 36.3 Å². The summed E-state index contributed by atoms with van der Waals surface area (Å²) < 4.78 is 0. The zero-order valence-corrected chi connectivity index (χ0v) is 16.4. The lowest BCUT2D eigenvalue weighted by molar-refractivity contribution is -0.128. The maximum Gasteiger partial charge on any atom is 0.223 e. The van der Waals surface area contributed by atoms with E-state index in [0.29, 0.717) is 30.8 Å². The standard InChI is InChI=1S/C20H26ClNO3S/c21-17-5-3-4-16(14-17)15-19(24)8-6-18-7-9-20(25)22(18)10-13-26-12-2-1-11-23/h3-6,8,11,14,18-19,24H,1-2,7,9-10,12-13,15H2/b8-6+/t18?,19-/m1/s1. The molecule has 26 heavy (non-hydrogen) atoms. The van der Waals surface area contributed by atoms with Gasteiger partial charge in [-0.15, -0.1) is 0 Å². The summed E-state index contributed by atoms with van der Waals surface area (Å²) in [7, 11) is 0. The molecule has 142 valence electrons. The van der Waals surface area contributed by atoms with Gasteiger partial charge in [0.25, 0.3) is 0 Å². The highest BCUT2D eigenvalue weighted by molar-refractivity contribution is 7.99. The molecule has 0 saturated carbocycles. The first-order valence-corrected chi connectivity index (χ1v) is 10.5. The van der Waals surface area contributed by atoms with Gasteiger partial charge in [-0.1, -0.05) is 35.9 Å². The summed E-state index contributed by atoms with van der Waals surface area (Å²) in [4.78, 5) is 24.3. The van der Waals surface area contributed by atoms with E-state index in [4.69, 9.17) is 11.6 Å². The lowest BCUT2D eigenvalue weighted by atomic mass is 10.1. The number of thioether (sulfide) groups is 1. The zero-order valence-electron chi connectivity index (χ0n) is 14.9. The summed E-state index contributed by atoms with van der Waals surface area (Å²) in [6.45, 7) is 0.712. The number of hydrogen-bond donors (Lipinski definition) is 1. The number of aldehydes is 1. The van der Waals surface area contributed by atoms with E-state index in [0.717, 1.165) is 36.2 Å². The Balaban J connectivity index is 1.79. The zero-order chi connectivity index (χ0) is 18.8. The first-order chi connectivity index (χ1) is 12.6. The van der Waals surface area contributed by atoms with Crippen LogP contribution in [0, 0.1) is 0 Å². The van der Waals surface area contributed by atoms with Crippen molar-refractivity contribution in [3.8, 4) is 0 Å². The number of amides is 1. The van der Waals surface area contributed by atoms with Gasteiger partial charge in [-0.3, -0.25) is 4.79 Å². The minimum absolute atomic E-state index is 0.0621. The maximum absolute atomic E-state index is 12.1. The molecular weight excluding hydrogens is 370 g/mol. The molecule has 0 aromatic heterocycles. The number of aliphatic hydroxyl groups is 1. The van der Waals surface area contributed by atoms with Crippen LogP contribution < -0.4 is 0 Å². The summed E-state index contributed by atoms with van der Waals surface area (Å²) >= 11 is 7.74. The van der Waals surface area contributed by atoms with Crippen LogP contribution in [-0.2, 0) is 16.0 Å². The van der Waals surface area contributed by atoms with Crippen LogP contribution in [0.4, 0.5) is 0 Å². The topological polar surface area (TPSA) is 57.6 Å². The second-order valence-corrected chi connectivity index (χ2v) is 8.06. The van der Waals surface area contributed by atoms with Crippen LogP contribution in [-0.4, -0.2) is 52.4 Å². The van der Waals surface area contributed by atoms with E-state index in [-0.39, 0.29) is 11.9 Å². The molecule has 6 heteroatoms. The van der Waals surface area contributed by atoms with Crippen molar-refractivity contribution in [1.82, 2.24) is 4.90 Å². The fourth-order valence-corrected chi connectivity index (χ4v) is 4.12. The quantitative estimate of drug-likeness (QED) is 0.354. The Hall–Kier alpha value is -1.30. The van der Waals surface area contributed by atoms with Crippen molar-refractivity contribution in [2.24, 2.45) is 0 Å². The number of halogens is 1. The van der Waals surface area contributed by atoms with Gasteiger partial charge in [0.1, 0.15) is 6.29 Å². The average molecular weight is 396 g/mol. The Labute approximate surface area is 164 Å². The SMILES string of the molecule is O=CCCCSCCN1C(=O)CCC1/C=C/[C@@H](O)Cc1cccc(Cl)c1. The highest BCUT2D eigenvalue weighted by Gasteiger charge is 2.28. The third-order valence-corrected chi connectivity index (χ3v) is 5.63. The van der Waals surface area contributed by atoms with Crippen molar-refractivity contribution in [3.05, 3.63) is 47.0 Å². The fourth-order valence-electron chi connectivity index (χ4n) is 3.01. The largest absolute Gasteiger partial charge is 0.389 e.